The summed E-state index contributed by atoms with van der Waals surface area (Å²) in [5.41, 5.74) is 20.3. The van der Waals surface area contributed by atoms with E-state index in [4.69, 9.17) is 4.98 Å². The van der Waals surface area contributed by atoms with Crippen LogP contribution in [0.4, 0.5) is 39.8 Å². The largest absolute Gasteiger partial charge is 2.00 e. The van der Waals surface area contributed by atoms with Crippen LogP contribution in [0, 0.1) is 12.1 Å². The van der Waals surface area contributed by atoms with E-state index in [0.29, 0.717) is 6.67 Å². The quantitative estimate of drug-likeness (QED) is 0.121. The molecule has 6 heteroatoms. The Kier molecular flexibility index (Phi) is 12.9. The monoisotopic (exact) mass is 1180 g/mol. The summed E-state index contributed by atoms with van der Waals surface area (Å²) in [6, 6.07) is 108. The minimum absolute atomic E-state index is 0. The van der Waals surface area contributed by atoms with Crippen molar-refractivity contribution in [2.45, 2.75) is 0 Å². The Morgan fingerprint density at radius 1 is 0.385 bits per heavy atom. The van der Waals surface area contributed by atoms with E-state index in [0.717, 1.165) is 123 Å². The molecule has 11 aromatic carbocycles. The summed E-state index contributed by atoms with van der Waals surface area (Å²) < 4.78 is 2.30. The second-order valence-electron chi connectivity index (χ2n) is 19.3. The van der Waals surface area contributed by atoms with E-state index in [1.54, 1.807) is 0 Å². The van der Waals surface area contributed by atoms with Crippen molar-refractivity contribution in [3.8, 4) is 61.5 Å². The van der Waals surface area contributed by atoms with Gasteiger partial charge in [0.1, 0.15) is 5.82 Å². The topological polar surface area (TPSA) is 27.5 Å². The molecule has 0 saturated carbocycles. The van der Waals surface area contributed by atoms with Gasteiger partial charge < -0.3 is 19.3 Å². The Hall–Kier alpha value is -9.54. The summed E-state index contributed by atoms with van der Waals surface area (Å²) in [5.74, 6) is 0.800. The van der Waals surface area contributed by atoms with Crippen LogP contribution in [0.25, 0.3) is 83.3 Å². The van der Waals surface area contributed by atoms with Gasteiger partial charge in [-0.2, -0.15) is 12.1 Å². The van der Waals surface area contributed by atoms with Crippen LogP contribution in [0.5, 0.6) is 0 Å². The van der Waals surface area contributed by atoms with E-state index < -0.39 is 0 Å². The molecule has 0 aliphatic carbocycles. The van der Waals surface area contributed by atoms with E-state index in [9.17, 15) is 0 Å². The van der Waals surface area contributed by atoms with Crippen LogP contribution in [0.15, 0.2) is 285 Å². The van der Waals surface area contributed by atoms with E-state index in [2.05, 4.69) is 310 Å². The number of rotatable bonds is 11. The molecule has 13 aromatic rings. The maximum atomic E-state index is 5.23. The summed E-state index contributed by atoms with van der Waals surface area (Å²) in [5, 5.41) is 2.20. The number of nitrogens with zero attached hydrogens (tertiary/aromatic N) is 5. The fourth-order valence-corrected chi connectivity index (χ4v) is 11.4. The van der Waals surface area contributed by atoms with Gasteiger partial charge in [-0.3, -0.25) is 0 Å². The Morgan fingerprint density at radius 3 is 1.50 bits per heavy atom. The molecule has 3 heterocycles. The smallest absolute Gasteiger partial charge is 0.357 e. The van der Waals surface area contributed by atoms with Gasteiger partial charge in [-0.15, -0.1) is 35.7 Å². The van der Waals surface area contributed by atoms with Crippen LogP contribution in [0.2, 0.25) is 0 Å². The molecule has 372 valence electrons. The van der Waals surface area contributed by atoms with Gasteiger partial charge >= 0.3 is 21.1 Å². The van der Waals surface area contributed by atoms with Gasteiger partial charge in [0.05, 0.1) is 23.7 Å². The van der Waals surface area contributed by atoms with Crippen molar-refractivity contribution < 1.29 is 21.1 Å². The fourth-order valence-electron chi connectivity index (χ4n) is 11.4. The first-order chi connectivity index (χ1) is 38.2. The number of fused-ring (bicyclic) bond motifs is 4. The van der Waals surface area contributed by atoms with Crippen LogP contribution in [-0.2, 0) is 21.1 Å². The molecule has 1 aliphatic rings. The molecule has 78 heavy (non-hydrogen) atoms. The van der Waals surface area contributed by atoms with Crippen molar-refractivity contribution in [1.29, 1.82) is 0 Å². The standard InChI is InChI=1S/C72H49N5.Pt/c1-6-23-51(24-7-1)60-36-21-37-61(52-25-8-2-9-26-52)71(60)55-45-46-73-70(47-55)77-66-40-17-16-35-64(66)65-44-43-59(49-69(65)77)76(72-62(53-27-10-3-11-28-53)38-22-39-63(72)54-29-12-4-13-30-54)58-34-20-33-57(48-58)75-50-74(56-31-14-5-15-32-56)67-41-18-19-42-68(67)75;/h1-47H,50H2;/q-2;+2. The molecule has 0 spiro atoms. The van der Waals surface area contributed by atoms with Gasteiger partial charge in [0.25, 0.3) is 0 Å². The van der Waals surface area contributed by atoms with Gasteiger partial charge in [0, 0.05) is 28.5 Å². The molecule has 0 radical (unpaired) electrons. The van der Waals surface area contributed by atoms with Crippen molar-refractivity contribution in [3.63, 3.8) is 0 Å². The average molecular weight is 1180 g/mol. The third-order valence-electron chi connectivity index (χ3n) is 14.8. The van der Waals surface area contributed by atoms with Crippen molar-refractivity contribution in [2.24, 2.45) is 0 Å². The Labute approximate surface area is 469 Å². The molecule has 0 saturated heterocycles. The number of pyridine rings is 1. The Morgan fingerprint density at radius 2 is 0.885 bits per heavy atom. The number of anilines is 7. The van der Waals surface area contributed by atoms with Crippen molar-refractivity contribution in [1.82, 2.24) is 9.55 Å². The minimum atomic E-state index is 0. The molecule has 1 aliphatic heterocycles. The van der Waals surface area contributed by atoms with Crippen LogP contribution in [0.3, 0.4) is 0 Å². The summed E-state index contributed by atoms with van der Waals surface area (Å²) in [4.78, 5) is 12.3. The van der Waals surface area contributed by atoms with Crippen LogP contribution in [0.1, 0.15) is 0 Å². The zero-order valence-electron chi connectivity index (χ0n) is 42.4. The normalized spacial score (nSPS) is 11.9. The molecule has 0 unspecified atom stereocenters. The number of benzene rings is 11. The number of para-hydroxylation sites is 5. The third kappa shape index (κ3) is 8.65. The summed E-state index contributed by atoms with van der Waals surface area (Å²) in [7, 11) is 0. The van der Waals surface area contributed by atoms with E-state index in [1.807, 2.05) is 6.20 Å². The predicted octanol–water partition coefficient (Wildman–Crippen LogP) is 18.8. The van der Waals surface area contributed by atoms with E-state index in [1.165, 1.54) is 0 Å². The molecule has 0 bridgehead atoms. The fraction of sp³-hybridized carbons (Fsp3) is 0.0139. The number of hydrogen-bond donors (Lipinski definition) is 0. The minimum Gasteiger partial charge on any atom is -0.357 e. The van der Waals surface area contributed by atoms with Gasteiger partial charge in [0.2, 0.25) is 0 Å². The summed E-state index contributed by atoms with van der Waals surface area (Å²) in [6.07, 6.45) is 1.95. The number of aromatic nitrogens is 2. The Bertz CT molecular complexity index is 4140. The second kappa shape index (κ2) is 20.9. The van der Waals surface area contributed by atoms with Crippen molar-refractivity contribution in [3.05, 3.63) is 297 Å². The van der Waals surface area contributed by atoms with Crippen LogP contribution in [-0.4, -0.2) is 16.2 Å². The maximum absolute atomic E-state index is 5.23. The molecule has 0 amide bonds. The molecule has 2 aromatic heterocycles. The van der Waals surface area contributed by atoms with E-state index >= 15 is 0 Å². The molecule has 0 N–H and O–H groups in total. The Balaban J connectivity index is 0.00000579. The first-order valence-corrected chi connectivity index (χ1v) is 26.2. The van der Waals surface area contributed by atoms with Crippen LogP contribution < -0.4 is 14.7 Å². The van der Waals surface area contributed by atoms with Crippen LogP contribution >= 0.6 is 0 Å². The van der Waals surface area contributed by atoms with Gasteiger partial charge in [0.15, 0.2) is 0 Å². The predicted molar refractivity (Wildman–Crippen MR) is 320 cm³/mol. The first kappa shape index (κ1) is 48.1. The van der Waals surface area contributed by atoms with Gasteiger partial charge in [-0.05, 0) is 92.4 Å². The molecular weight excluding hydrogens is 1130 g/mol. The third-order valence-corrected chi connectivity index (χ3v) is 14.8. The molecule has 5 nitrogen and oxygen atoms in total. The summed E-state index contributed by atoms with van der Waals surface area (Å²) >= 11 is 0. The average Bonchev–Trinajstić information content (AvgIpc) is 4.18. The number of hydrogen-bond acceptors (Lipinski definition) is 4. The van der Waals surface area contributed by atoms with Crippen molar-refractivity contribution >= 4 is 61.6 Å². The van der Waals surface area contributed by atoms with Gasteiger partial charge in [-0.1, -0.05) is 229 Å². The van der Waals surface area contributed by atoms with Crippen molar-refractivity contribution in [2.75, 3.05) is 21.4 Å². The SMILES string of the molecule is [Pt+2].[c-]1c(N2CN(c3ccccc3)c3ccccc32)cccc1N(c1[c-]c2c(cc1)c1ccccc1n2-c1cc(-c2c(-c3ccccc3)cccc2-c2ccccc2)ccn1)c1c(-c2ccccc2)cccc1-c1ccccc1. The van der Waals surface area contributed by atoms with Gasteiger partial charge in [-0.25, -0.2) is 4.98 Å². The molecule has 0 fully saturated rings. The molecular formula is C72H49N5Pt. The zero-order valence-corrected chi connectivity index (χ0v) is 44.7. The first-order valence-electron chi connectivity index (χ1n) is 26.2. The molecule has 14 rings (SSSR count). The van der Waals surface area contributed by atoms with E-state index in [-0.39, 0.29) is 21.1 Å². The zero-order chi connectivity index (χ0) is 51.1. The second-order valence-corrected chi connectivity index (χ2v) is 19.3. The summed E-state index contributed by atoms with van der Waals surface area (Å²) in [6.45, 7) is 0.631. The maximum Gasteiger partial charge on any atom is 2.00 e. The molecule has 0 atom stereocenters.